The lowest BCUT2D eigenvalue weighted by atomic mass is 10.1. The van der Waals surface area contributed by atoms with Crippen LogP contribution in [-0.4, -0.2) is 61.9 Å². The van der Waals surface area contributed by atoms with Crippen molar-refractivity contribution in [2.45, 2.75) is 13.1 Å². The number of benzene rings is 1. The van der Waals surface area contributed by atoms with Gasteiger partial charge in [-0.3, -0.25) is 9.80 Å². The van der Waals surface area contributed by atoms with Crippen molar-refractivity contribution in [1.82, 2.24) is 14.4 Å². The molecule has 0 radical (unpaired) electrons. The number of hydrogen-bond acceptors (Lipinski definition) is 5. The molecule has 0 unspecified atom stereocenters. The van der Waals surface area contributed by atoms with Crippen molar-refractivity contribution in [2.24, 2.45) is 7.05 Å². The highest BCUT2D eigenvalue weighted by molar-refractivity contribution is 5.55. The molecule has 0 aliphatic carbocycles. The molecular formula is C20H29N3O3. The summed E-state index contributed by atoms with van der Waals surface area (Å²) in [5.41, 5.74) is 2.49. The third kappa shape index (κ3) is 3.97. The highest BCUT2D eigenvalue weighted by Gasteiger charge is 2.21. The zero-order valence-corrected chi connectivity index (χ0v) is 16.2. The Balaban J connectivity index is 1.62. The van der Waals surface area contributed by atoms with Crippen LogP contribution in [0.25, 0.3) is 0 Å². The van der Waals surface area contributed by atoms with Gasteiger partial charge in [-0.25, -0.2) is 0 Å². The van der Waals surface area contributed by atoms with Crippen LogP contribution >= 0.6 is 0 Å². The third-order valence-corrected chi connectivity index (χ3v) is 5.08. The number of piperazine rings is 1. The van der Waals surface area contributed by atoms with E-state index in [0.29, 0.717) is 11.5 Å². The van der Waals surface area contributed by atoms with Crippen LogP contribution in [0.4, 0.5) is 0 Å². The van der Waals surface area contributed by atoms with Gasteiger partial charge in [-0.05, 0) is 18.2 Å². The Kier molecular flexibility index (Phi) is 6.06. The Labute approximate surface area is 155 Å². The number of hydrogen-bond donors (Lipinski definition) is 0. The Morgan fingerprint density at radius 2 is 1.46 bits per heavy atom. The molecule has 3 rings (SSSR count). The average Bonchev–Trinajstić information content (AvgIpc) is 3.07. The fourth-order valence-electron chi connectivity index (χ4n) is 3.52. The van der Waals surface area contributed by atoms with Crippen molar-refractivity contribution in [3.05, 3.63) is 41.7 Å². The lowest BCUT2D eigenvalue weighted by Gasteiger charge is -2.35. The number of nitrogens with zero attached hydrogens (tertiary/aromatic N) is 3. The smallest absolute Gasteiger partial charge is 0.203 e. The predicted octanol–water partition coefficient (Wildman–Crippen LogP) is 2.37. The second kappa shape index (κ2) is 8.47. The molecule has 0 atom stereocenters. The first-order valence-corrected chi connectivity index (χ1v) is 8.99. The molecule has 1 aromatic carbocycles. The quantitative estimate of drug-likeness (QED) is 0.759. The molecule has 0 bridgehead atoms. The molecule has 6 heteroatoms. The van der Waals surface area contributed by atoms with Crippen molar-refractivity contribution in [1.29, 1.82) is 0 Å². The number of aryl methyl sites for hydroxylation is 1. The van der Waals surface area contributed by atoms with Crippen LogP contribution in [0.1, 0.15) is 11.3 Å². The topological polar surface area (TPSA) is 39.1 Å². The van der Waals surface area contributed by atoms with Crippen molar-refractivity contribution < 1.29 is 14.2 Å². The second-order valence-electron chi connectivity index (χ2n) is 6.66. The van der Waals surface area contributed by atoms with Gasteiger partial charge in [0, 0.05) is 63.8 Å². The van der Waals surface area contributed by atoms with Crippen molar-refractivity contribution in [3.63, 3.8) is 0 Å². The summed E-state index contributed by atoms with van der Waals surface area (Å²) >= 11 is 0. The van der Waals surface area contributed by atoms with Gasteiger partial charge in [-0.2, -0.15) is 0 Å². The van der Waals surface area contributed by atoms with Crippen LogP contribution in [0, 0.1) is 0 Å². The van der Waals surface area contributed by atoms with E-state index >= 15 is 0 Å². The normalized spacial score (nSPS) is 15.8. The number of ether oxygens (including phenoxy) is 3. The molecule has 0 spiro atoms. The van der Waals surface area contributed by atoms with Crippen LogP contribution < -0.4 is 14.2 Å². The minimum Gasteiger partial charge on any atom is -0.493 e. The molecule has 1 saturated heterocycles. The lowest BCUT2D eigenvalue weighted by Crippen LogP contribution is -2.45. The van der Waals surface area contributed by atoms with Gasteiger partial charge in [0.1, 0.15) is 0 Å². The van der Waals surface area contributed by atoms with Gasteiger partial charge in [0.25, 0.3) is 0 Å². The van der Waals surface area contributed by atoms with Gasteiger partial charge in [0.2, 0.25) is 5.75 Å². The van der Waals surface area contributed by atoms with E-state index < -0.39 is 0 Å². The van der Waals surface area contributed by atoms with Gasteiger partial charge in [-0.15, -0.1) is 0 Å². The lowest BCUT2D eigenvalue weighted by molar-refractivity contribution is 0.119. The minimum atomic E-state index is 0.662. The van der Waals surface area contributed by atoms with Gasteiger partial charge >= 0.3 is 0 Å². The molecule has 1 aliphatic heterocycles. The van der Waals surface area contributed by atoms with E-state index in [1.165, 1.54) is 5.69 Å². The maximum Gasteiger partial charge on any atom is 0.203 e. The van der Waals surface area contributed by atoms with E-state index in [2.05, 4.69) is 45.8 Å². The predicted molar refractivity (Wildman–Crippen MR) is 102 cm³/mol. The third-order valence-electron chi connectivity index (χ3n) is 5.08. The molecular weight excluding hydrogens is 330 g/mol. The SMILES string of the molecule is COc1ccc(CN2CCN(Cc3cccn3C)CC2)c(OC)c1OC. The van der Waals surface area contributed by atoms with E-state index in [0.717, 1.165) is 50.6 Å². The van der Waals surface area contributed by atoms with Crippen LogP contribution in [0.2, 0.25) is 0 Å². The summed E-state index contributed by atoms with van der Waals surface area (Å²) in [4.78, 5) is 4.98. The molecule has 0 amide bonds. The van der Waals surface area contributed by atoms with E-state index in [9.17, 15) is 0 Å². The summed E-state index contributed by atoms with van der Waals surface area (Å²) in [7, 11) is 7.07. The zero-order valence-electron chi connectivity index (χ0n) is 16.2. The van der Waals surface area contributed by atoms with Crippen molar-refractivity contribution >= 4 is 0 Å². The highest BCUT2D eigenvalue weighted by atomic mass is 16.5. The zero-order chi connectivity index (χ0) is 18.5. The van der Waals surface area contributed by atoms with Gasteiger partial charge < -0.3 is 18.8 Å². The fourth-order valence-corrected chi connectivity index (χ4v) is 3.52. The largest absolute Gasteiger partial charge is 0.493 e. The Morgan fingerprint density at radius 1 is 0.808 bits per heavy atom. The van der Waals surface area contributed by atoms with Gasteiger partial charge in [-0.1, -0.05) is 6.07 Å². The number of aromatic nitrogens is 1. The minimum absolute atomic E-state index is 0.662. The van der Waals surface area contributed by atoms with Gasteiger partial charge in [0.05, 0.1) is 21.3 Å². The molecule has 2 heterocycles. The molecule has 6 nitrogen and oxygen atoms in total. The summed E-state index contributed by atoms with van der Waals surface area (Å²) in [6.07, 6.45) is 2.11. The molecule has 1 aromatic heterocycles. The first-order valence-electron chi connectivity index (χ1n) is 8.99. The second-order valence-corrected chi connectivity index (χ2v) is 6.66. The Hall–Kier alpha value is -2.18. The summed E-state index contributed by atoms with van der Waals surface area (Å²) in [5, 5.41) is 0. The summed E-state index contributed by atoms with van der Waals surface area (Å²) in [6, 6.07) is 8.31. The first-order chi connectivity index (χ1) is 12.7. The molecule has 142 valence electrons. The summed E-state index contributed by atoms with van der Waals surface area (Å²) < 4.78 is 18.7. The van der Waals surface area contributed by atoms with E-state index in [4.69, 9.17) is 14.2 Å². The molecule has 1 fully saturated rings. The van der Waals surface area contributed by atoms with Crippen LogP contribution in [0.3, 0.4) is 0 Å². The molecule has 0 N–H and O–H groups in total. The standard InChI is InChI=1S/C20H29N3O3/c1-21-9-5-6-17(21)15-23-12-10-22(11-13-23)14-16-7-8-18(24-2)20(26-4)19(16)25-3/h5-9H,10-15H2,1-4H3. The Morgan fingerprint density at radius 3 is 2.00 bits per heavy atom. The highest BCUT2D eigenvalue weighted by Crippen LogP contribution is 2.40. The fraction of sp³-hybridized carbons (Fsp3) is 0.500. The molecule has 26 heavy (non-hydrogen) atoms. The monoisotopic (exact) mass is 359 g/mol. The maximum atomic E-state index is 5.61. The van der Waals surface area contributed by atoms with E-state index in [1.807, 2.05) is 6.07 Å². The average molecular weight is 359 g/mol. The van der Waals surface area contributed by atoms with Crippen LogP contribution in [0.15, 0.2) is 30.5 Å². The van der Waals surface area contributed by atoms with Gasteiger partial charge in [0.15, 0.2) is 11.5 Å². The van der Waals surface area contributed by atoms with E-state index in [1.54, 1.807) is 21.3 Å². The van der Waals surface area contributed by atoms with Crippen LogP contribution in [0.5, 0.6) is 17.2 Å². The summed E-state index contributed by atoms with van der Waals surface area (Å²) in [5.74, 6) is 2.12. The first kappa shape index (κ1) is 18.6. The van der Waals surface area contributed by atoms with Crippen molar-refractivity contribution in [3.8, 4) is 17.2 Å². The molecule has 1 aliphatic rings. The Bertz CT molecular complexity index is 721. The number of methoxy groups -OCH3 is 3. The molecule has 0 saturated carbocycles. The van der Waals surface area contributed by atoms with Crippen LogP contribution in [-0.2, 0) is 20.1 Å². The number of rotatable bonds is 7. The summed E-state index contributed by atoms with van der Waals surface area (Å²) in [6.45, 7) is 6.09. The maximum absolute atomic E-state index is 5.61. The molecule has 2 aromatic rings. The van der Waals surface area contributed by atoms with E-state index in [-0.39, 0.29) is 0 Å². The van der Waals surface area contributed by atoms with Crippen molar-refractivity contribution in [2.75, 3.05) is 47.5 Å².